The molecule has 17 heavy (non-hydrogen) atoms. The predicted molar refractivity (Wildman–Crippen MR) is 70.7 cm³/mol. The molecule has 0 saturated carbocycles. The summed E-state index contributed by atoms with van der Waals surface area (Å²) in [4.78, 5) is 6.77. The van der Waals surface area contributed by atoms with Crippen molar-refractivity contribution in [1.29, 1.82) is 0 Å². The van der Waals surface area contributed by atoms with Crippen LogP contribution >= 0.6 is 0 Å². The van der Waals surface area contributed by atoms with Gasteiger partial charge in [-0.05, 0) is 38.1 Å². The molecule has 0 bridgehead atoms. The van der Waals surface area contributed by atoms with Gasteiger partial charge < -0.3 is 5.11 Å². The van der Waals surface area contributed by atoms with E-state index in [-0.39, 0.29) is 0 Å². The molecule has 0 aromatic carbocycles. The number of aliphatic hydroxyl groups is 1. The van der Waals surface area contributed by atoms with E-state index < -0.39 is 0 Å². The van der Waals surface area contributed by atoms with Gasteiger partial charge in [-0.15, -0.1) is 0 Å². The van der Waals surface area contributed by atoms with Crippen LogP contribution in [0.2, 0.25) is 0 Å². The summed E-state index contributed by atoms with van der Waals surface area (Å²) in [5.74, 6) is 0. The average molecular weight is 236 g/mol. The Balaban J connectivity index is 2.20. The molecule has 0 amide bonds. The van der Waals surface area contributed by atoms with Crippen molar-refractivity contribution < 1.29 is 5.11 Å². The third kappa shape index (κ3) is 6.39. The lowest BCUT2D eigenvalue weighted by Crippen LogP contribution is -2.24. The Hall–Kier alpha value is -0.930. The van der Waals surface area contributed by atoms with Gasteiger partial charge in [0, 0.05) is 19.3 Å². The minimum atomic E-state index is 0.325. The number of rotatable bonds is 9. The van der Waals surface area contributed by atoms with Gasteiger partial charge in [0.2, 0.25) is 0 Å². The van der Waals surface area contributed by atoms with Crippen LogP contribution in [0.3, 0.4) is 0 Å². The maximum atomic E-state index is 8.70. The van der Waals surface area contributed by atoms with Crippen LogP contribution in [0.15, 0.2) is 24.4 Å². The van der Waals surface area contributed by atoms with Crippen LogP contribution in [0.25, 0.3) is 0 Å². The van der Waals surface area contributed by atoms with E-state index in [0.29, 0.717) is 6.61 Å². The first-order chi connectivity index (χ1) is 8.36. The fourth-order valence-electron chi connectivity index (χ4n) is 1.87. The SMILES string of the molecule is CCN(CCCCCCO)Cc1ccccn1. The topological polar surface area (TPSA) is 36.4 Å². The lowest BCUT2D eigenvalue weighted by atomic mass is 10.2. The van der Waals surface area contributed by atoms with Crippen LogP contribution in [0, 0.1) is 0 Å². The fourth-order valence-corrected chi connectivity index (χ4v) is 1.87. The van der Waals surface area contributed by atoms with Crippen molar-refractivity contribution in [2.45, 2.75) is 39.2 Å². The van der Waals surface area contributed by atoms with Gasteiger partial charge in [0.15, 0.2) is 0 Å². The summed E-state index contributed by atoms with van der Waals surface area (Å²) < 4.78 is 0. The van der Waals surface area contributed by atoms with E-state index in [1.165, 1.54) is 12.8 Å². The maximum absolute atomic E-state index is 8.70. The Bertz CT molecular complexity index is 277. The first-order valence-electron chi connectivity index (χ1n) is 6.60. The molecule has 0 aliphatic rings. The largest absolute Gasteiger partial charge is 0.396 e. The minimum Gasteiger partial charge on any atom is -0.396 e. The van der Waals surface area contributed by atoms with Crippen molar-refractivity contribution >= 4 is 0 Å². The smallest absolute Gasteiger partial charge is 0.0543 e. The van der Waals surface area contributed by atoms with Gasteiger partial charge >= 0.3 is 0 Å². The molecule has 1 aromatic rings. The Morgan fingerprint density at radius 2 is 2.00 bits per heavy atom. The van der Waals surface area contributed by atoms with Gasteiger partial charge in [-0.25, -0.2) is 0 Å². The average Bonchev–Trinajstić information content (AvgIpc) is 2.38. The Kier molecular flexibility index (Phi) is 7.60. The predicted octanol–water partition coefficient (Wildman–Crippen LogP) is 2.46. The highest BCUT2D eigenvalue weighted by Crippen LogP contribution is 2.05. The molecule has 3 nitrogen and oxygen atoms in total. The molecule has 1 aromatic heterocycles. The van der Waals surface area contributed by atoms with Crippen molar-refractivity contribution in [3.63, 3.8) is 0 Å². The van der Waals surface area contributed by atoms with Gasteiger partial charge in [0.05, 0.1) is 5.69 Å². The zero-order valence-corrected chi connectivity index (χ0v) is 10.8. The van der Waals surface area contributed by atoms with E-state index in [1.54, 1.807) is 0 Å². The molecule has 1 heterocycles. The van der Waals surface area contributed by atoms with E-state index in [0.717, 1.165) is 38.2 Å². The molecule has 0 atom stereocenters. The molecule has 1 rings (SSSR count). The number of hydrogen-bond acceptors (Lipinski definition) is 3. The molecule has 0 saturated heterocycles. The van der Waals surface area contributed by atoms with Crippen molar-refractivity contribution in [2.24, 2.45) is 0 Å². The Morgan fingerprint density at radius 1 is 1.18 bits per heavy atom. The van der Waals surface area contributed by atoms with E-state index in [9.17, 15) is 0 Å². The van der Waals surface area contributed by atoms with Crippen LogP contribution in [-0.4, -0.2) is 34.7 Å². The minimum absolute atomic E-state index is 0.325. The van der Waals surface area contributed by atoms with E-state index in [2.05, 4.69) is 22.9 Å². The third-order valence-corrected chi connectivity index (χ3v) is 2.94. The fraction of sp³-hybridized carbons (Fsp3) is 0.643. The number of hydrogen-bond donors (Lipinski definition) is 1. The Morgan fingerprint density at radius 3 is 2.65 bits per heavy atom. The zero-order valence-electron chi connectivity index (χ0n) is 10.8. The number of aromatic nitrogens is 1. The number of aliphatic hydroxyl groups excluding tert-OH is 1. The molecule has 0 aliphatic heterocycles. The summed E-state index contributed by atoms with van der Waals surface area (Å²) in [5, 5.41) is 8.70. The standard InChI is InChI=1S/C14H24N2O/c1-2-16(11-7-3-4-8-12-17)13-14-9-5-6-10-15-14/h5-6,9-10,17H,2-4,7-8,11-13H2,1H3. The summed E-state index contributed by atoms with van der Waals surface area (Å²) in [7, 11) is 0. The molecule has 0 fully saturated rings. The lowest BCUT2D eigenvalue weighted by Gasteiger charge is -2.19. The second kappa shape index (κ2) is 9.14. The van der Waals surface area contributed by atoms with E-state index in [1.807, 2.05) is 18.3 Å². The Labute approximate surface area is 104 Å². The normalized spacial score (nSPS) is 11.0. The molecule has 0 spiro atoms. The quantitative estimate of drug-likeness (QED) is 0.669. The first kappa shape index (κ1) is 14.1. The number of nitrogens with zero attached hydrogens (tertiary/aromatic N) is 2. The summed E-state index contributed by atoms with van der Waals surface area (Å²) in [5.41, 5.74) is 1.14. The van der Waals surface area contributed by atoms with Crippen LogP contribution in [0.4, 0.5) is 0 Å². The van der Waals surface area contributed by atoms with E-state index >= 15 is 0 Å². The second-order valence-corrected chi connectivity index (χ2v) is 4.33. The first-order valence-corrected chi connectivity index (χ1v) is 6.60. The van der Waals surface area contributed by atoms with Crippen molar-refractivity contribution in [3.8, 4) is 0 Å². The maximum Gasteiger partial charge on any atom is 0.0543 e. The van der Waals surface area contributed by atoms with Gasteiger partial charge in [-0.3, -0.25) is 9.88 Å². The van der Waals surface area contributed by atoms with Crippen molar-refractivity contribution in [2.75, 3.05) is 19.7 Å². The van der Waals surface area contributed by atoms with Gasteiger partial charge in [0.1, 0.15) is 0 Å². The molecule has 1 N–H and O–H groups in total. The highest BCUT2D eigenvalue weighted by molar-refractivity contribution is 5.03. The molecule has 0 aliphatic carbocycles. The molecular weight excluding hydrogens is 212 g/mol. The summed E-state index contributed by atoms with van der Waals surface area (Å²) in [6.07, 6.45) is 6.34. The van der Waals surface area contributed by atoms with Crippen LogP contribution in [-0.2, 0) is 6.54 Å². The van der Waals surface area contributed by atoms with E-state index in [4.69, 9.17) is 5.11 Å². The molecular formula is C14H24N2O. The molecule has 96 valence electrons. The molecule has 3 heteroatoms. The van der Waals surface area contributed by atoms with Crippen LogP contribution in [0.1, 0.15) is 38.3 Å². The zero-order chi connectivity index (χ0) is 12.3. The molecule has 0 radical (unpaired) electrons. The van der Waals surface area contributed by atoms with Gasteiger partial charge in [-0.2, -0.15) is 0 Å². The third-order valence-electron chi connectivity index (χ3n) is 2.94. The van der Waals surface area contributed by atoms with Crippen LogP contribution in [0.5, 0.6) is 0 Å². The summed E-state index contributed by atoms with van der Waals surface area (Å²) in [6.45, 7) is 5.65. The summed E-state index contributed by atoms with van der Waals surface area (Å²) >= 11 is 0. The number of pyridine rings is 1. The number of unbranched alkanes of at least 4 members (excludes halogenated alkanes) is 3. The summed E-state index contributed by atoms with van der Waals surface area (Å²) in [6, 6.07) is 6.07. The lowest BCUT2D eigenvalue weighted by molar-refractivity contribution is 0.260. The monoisotopic (exact) mass is 236 g/mol. The highest BCUT2D eigenvalue weighted by atomic mass is 16.2. The van der Waals surface area contributed by atoms with Crippen molar-refractivity contribution in [1.82, 2.24) is 9.88 Å². The van der Waals surface area contributed by atoms with Crippen LogP contribution < -0.4 is 0 Å². The van der Waals surface area contributed by atoms with Gasteiger partial charge in [-0.1, -0.05) is 25.8 Å². The van der Waals surface area contributed by atoms with Gasteiger partial charge in [0.25, 0.3) is 0 Å². The second-order valence-electron chi connectivity index (χ2n) is 4.33. The molecule has 0 unspecified atom stereocenters. The highest BCUT2D eigenvalue weighted by Gasteiger charge is 2.03. The van der Waals surface area contributed by atoms with Crippen molar-refractivity contribution in [3.05, 3.63) is 30.1 Å².